The second kappa shape index (κ2) is 6.34. The molecule has 0 aliphatic carbocycles. The molecule has 0 aromatic heterocycles. The summed E-state index contributed by atoms with van der Waals surface area (Å²) in [5.41, 5.74) is 5.02. The lowest BCUT2D eigenvalue weighted by Crippen LogP contribution is -2.12. The van der Waals surface area contributed by atoms with Gasteiger partial charge in [0.15, 0.2) is 0 Å². The molecule has 1 unspecified atom stereocenters. The molecule has 0 radical (unpaired) electrons. The highest BCUT2D eigenvalue weighted by Gasteiger charge is 2.23. The molecule has 4 heteroatoms. The van der Waals surface area contributed by atoms with Gasteiger partial charge in [0.1, 0.15) is 17.7 Å². The highest BCUT2D eigenvalue weighted by Crippen LogP contribution is 2.30. The number of hydroxylamine groups is 1. The van der Waals surface area contributed by atoms with Crippen LogP contribution in [0.5, 0.6) is 5.75 Å². The summed E-state index contributed by atoms with van der Waals surface area (Å²) in [4.78, 5) is 10.4. The monoisotopic (exact) mass is 318 g/mol. The van der Waals surface area contributed by atoms with Crippen LogP contribution in [0.3, 0.4) is 0 Å². The molecule has 0 amide bonds. The Kier molecular flexibility index (Phi) is 3.89. The molecule has 0 bridgehead atoms. The zero-order valence-corrected chi connectivity index (χ0v) is 13.4. The third-order valence-electron chi connectivity index (χ3n) is 4.21. The summed E-state index contributed by atoms with van der Waals surface area (Å²) < 4.78 is 5.19. The van der Waals surface area contributed by atoms with Crippen LogP contribution in [-0.4, -0.2) is 12.9 Å². The molecule has 1 N–H and O–H groups in total. The maximum Gasteiger partial charge on any atom is 0.129 e. The van der Waals surface area contributed by atoms with Crippen LogP contribution in [-0.2, 0) is 4.84 Å². The highest BCUT2D eigenvalue weighted by atomic mass is 16.7. The fourth-order valence-corrected chi connectivity index (χ4v) is 2.92. The molecule has 120 valence electrons. The Labute approximate surface area is 140 Å². The lowest BCUT2D eigenvalue weighted by Gasteiger charge is -2.07. The summed E-state index contributed by atoms with van der Waals surface area (Å²) in [7, 11) is 1.66. The molecule has 1 fully saturated rings. The van der Waals surface area contributed by atoms with E-state index < -0.39 is 0 Å². The van der Waals surface area contributed by atoms with Gasteiger partial charge in [-0.15, -0.1) is 0 Å². The minimum Gasteiger partial charge on any atom is -0.497 e. The molecular weight excluding hydrogens is 300 g/mol. The van der Waals surface area contributed by atoms with Crippen molar-refractivity contribution in [1.82, 2.24) is 5.48 Å². The summed E-state index contributed by atoms with van der Waals surface area (Å²) in [6, 6.07) is 22.3. The third kappa shape index (κ3) is 2.84. The number of amidine groups is 1. The topological polar surface area (TPSA) is 42.8 Å². The number of methoxy groups -OCH3 is 1. The first-order valence-corrected chi connectivity index (χ1v) is 7.94. The summed E-state index contributed by atoms with van der Waals surface area (Å²) in [5, 5.41) is 2.33. The summed E-state index contributed by atoms with van der Waals surface area (Å²) in [6.45, 7) is 0. The van der Waals surface area contributed by atoms with E-state index in [4.69, 9.17) is 14.6 Å². The fourth-order valence-electron chi connectivity index (χ4n) is 2.92. The minimum absolute atomic E-state index is 0.0374. The van der Waals surface area contributed by atoms with Crippen molar-refractivity contribution in [1.29, 1.82) is 0 Å². The van der Waals surface area contributed by atoms with E-state index in [-0.39, 0.29) is 6.10 Å². The molecule has 1 saturated heterocycles. The summed E-state index contributed by atoms with van der Waals surface area (Å²) in [5.74, 6) is 1.68. The van der Waals surface area contributed by atoms with Crippen molar-refractivity contribution in [2.45, 2.75) is 12.5 Å². The smallest absolute Gasteiger partial charge is 0.129 e. The summed E-state index contributed by atoms with van der Waals surface area (Å²) in [6.07, 6.45) is 0.680. The van der Waals surface area contributed by atoms with Crippen LogP contribution in [0.2, 0.25) is 0 Å². The normalized spacial score (nSPS) is 18.7. The Hall–Kier alpha value is -2.85. The Morgan fingerprint density at radius 3 is 2.62 bits per heavy atom. The Morgan fingerprint density at radius 1 is 1.00 bits per heavy atom. The van der Waals surface area contributed by atoms with E-state index in [2.05, 4.69) is 23.7 Å². The molecule has 3 aromatic carbocycles. The van der Waals surface area contributed by atoms with Crippen LogP contribution in [0, 0.1) is 0 Å². The van der Waals surface area contributed by atoms with Crippen LogP contribution in [0.4, 0.5) is 5.69 Å². The standard InChI is InChI=1S/C20H18N2O2/c1-23-16-11-9-15(10-12-16)19-13-20(22-24-19)21-18-8-4-6-14-5-2-3-7-17(14)18/h2-12,19H,13H2,1H3,(H,21,22). The highest BCUT2D eigenvalue weighted by molar-refractivity contribution is 5.96. The number of hydrogen-bond donors (Lipinski definition) is 1. The quantitative estimate of drug-likeness (QED) is 0.770. The summed E-state index contributed by atoms with van der Waals surface area (Å²) >= 11 is 0. The van der Waals surface area contributed by atoms with Gasteiger partial charge in [0.25, 0.3) is 0 Å². The lowest BCUT2D eigenvalue weighted by atomic mass is 10.1. The molecule has 0 saturated carbocycles. The molecular formula is C20H18N2O2. The fraction of sp³-hybridized carbons (Fsp3) is 0.150. The van der Waals surface area contributed by atoms with Crippen molar-refractivity contribution in [3.05, 3.63) is 72.3 Å². The van der Waals surface area contributed by atoms with Gasteiger partial charge in [-0.25, -0.2) is 4.99 Å². The maximum atomic E-state index is 5.69. The van der Waals surface area contributed by atoms with Gasteiger partial charge in [-0.2, -0.15) is 0 Å². The largest absolute Gasteiger partial charge is 0.497 e. The molecule has 4 nitrogen and oxygen atoms in total. The predicted molar refractivity (Wildman–Crippen MR) is 95.6 cm³/mol. The van der Waals surface area contributed by atoms with Crippen molar-refractivity contribution in [3.63, 3.8) is 0 Å². The van der Waals surface area contributed by atoms with Gasteiger partial charge in [0.2, 0.25) is 0 Å². The molecule has 1 aliphatic rings. The molecule has 1 heterocycles. The number of nitrogens with zero attached hydrogens (tertiary/aromatic N) is 1. The van der Waals surface area contributed by atoms with E-state index >= 15 is 0 Å². The van der Waals surface area contributed by atoms with E-state index in [9.17, 15) is 0 Å². The molecule has 3 aromatic rings. The SMILES string of the molecule is COc1ccc(C2CC(=Nc3cccc4ccccc34)NO2)cc1. The van der Waals surface area contributed by atoms with E-state index in [1.807, 2.05) is 48.5 Å². The number of aliphatic imine (C=N–C) groups is 1. The van der Waals surface area contributed by atoms with Crippen molar-refractivity contribution < 1.29 is 9.57 Å². The third-order valence-corrected chi connectivity index (χ3v) is 4.21. The van der Waals surface area contributed by atoms with E-state index in [1.54, 1.807) is 7.11 Å². The zero-order valence-electron chi connectivity index (χ0n) is 13.4. The zero-order chi connectivity index (χ0) is 16.4. The number of benzene rings is 3. The van der Waals surface area contributed by atoms with Crippen molar-refractivity contribution in [2.75, 3.05) is 7.11 Å². The minimum atomic E-state index is -0.0374. The molecule has 24 heavy (non-hydrogen) atoms. The number of rotatable bonds is 3. The Bertz CT molecular complexity index is 882. The van der Waals surface area contributed by atoms with E-state index in [1.165, 1.54) is 5.39 Å². The molecule has 1 atom stereocenters. The van der Waals surface area contributed by atoms with Crippen LogP contribution in [0.15, 0.2) is 71.7 Å². The van der Waals surface area contributed by atoms with Gasteiger partial charge in [-0.05, 0) is 29.1 Å². The lowest BCUT2D eigenvalue weighted by molar-refractivity contribution is 0.0448. The van der Waals surface area contributed by atoms with Gasteiger partial charge >= 0.3 is 0 Å². The first-order chi connectivity index (χ1) is 11.8. The van der Waals surface area contributed by atoms with Crippen LogP contribution < -0.4 is 10.2 Å². The number of fused-ring (bicyclic) bond motifs is 1. The second-order valence-corrected chi connectivity index (χ2v) is 5.74. The maximum absolute atomic E-state index is 5.69. The average Bonchev–Trinajstić information content (AvgIpc) is 3.11. The van der Waals surface area contributed by atoms with Crippen molar-refractivity contribution >= 4 is 22.3 Å². The Balaban J connectivity index is 1.58. The first kappa shape index (κ1) is 14.7. The van der Waals surface area contributed by atoms with Gasteiger partial charge < -0.3 is 4.74 Å². The van der Waals surface area contributed by atoms with Crippen LogP contribution in [0.1, 0.15) is 18.1 Å². The second-order valence-electron chi connectivity index (χ2n) is 5.74. The predicted octanol–water partition coefficient (Wildman–Crippen LogP) is 4.54. The van der Waals surface area contributed by atoms with Crippen LogP contribution >= 0.6 is 0 Å². The number of nitrogens with one attached hydrogen (secondary N) is 1. The van der Waals surface area contributed by atoms with Gasteiger partial charge in [-0.3, -0.25) is 10.3 Å². The average molecular weight is 318 g/mol. The molecule has 4 rings (SSSR count). The van der Waals surface area contributed by atoms with E-state index in [0.717, 1.165) is 34.6 Å². The van der Waals surface area contributed by atoms with Gasteiger partial charge in [0.05, 0.1) is 12.8 Å². The van der Waals surface area contributed by atoms with Crippen LogP contribution in [0.25, 0.3) is 10.8 Å². The number of ether oxygens (including phenoxy) is 1. The van der Waals surface area contributed by atoms with Crippen molar-refractivity contribution in [3.8, 4) is 5.75 Å². The Morgan fingerprint density at radius 2 is 1.79 bits per heavy atom. The molecule has 1 aliphatic heterocycles. The molecule has 0 spiro atoms. The van der Waals surface area contributed by atoms with Crippen molar-refractivity contribution in [2.24, 2.45) is 4.99 Å². The van der Waals surface area contributed by atoms with Gasteiger partial charge in [0, 0.05) is 11.8 Å². The van der Waals surface area contributed by atoms with Gasteiger partial charge in [-0.1, -0.05) is 48.5 Å². The number of hydrogen-bond acceptors (Lipinski definition) is 3. The van der Waals surface area contributed by atoms with E-state index in [0.29, 0.717) is 0 Å². The first-order valence-electron chi connectivity index (χ1n) is 7.94.